The monoisotopic (exact) mass is 318 g/mol. The highest BCUT2D eigenvalue weighted by Gasteiger charge is 2.15. The van der Waals surface area contributed by atoms with Crippen molar-refractivity contribution in [2.75, 3.05) is 0 Å². The molecule has 3 aromatic rings. The van der Waals surface area contributed by atoms with Gasteiger partial charge in [-0.3, -0.25) is 4.79 Å². The van der Waals surface area contributed by atoms with E-state index in [1.54, 1.807) is 28.9 Å². The average molecular weight is 318 g/mol. The average Bonchev–Trinajstić information content (AvgIpc) is 3.18. The van der Waals surface area contributed by atoms with Crippen LogP contribution in [0.15, 0.2) is 40.3 Å². The van der Waals surface area contributed by atoms with Gasteiger partial charge in [0.1, 0.15) is 5.76 Å². The summed E-state index contributed by atoms with van der Waals surface area (Å²) in [5.74, 6) is 0.732. The Kier molecular flexibility index (Phi) is 4.17. The molecule has 1 N–H and O–H groups in total. The van der Waals surface area contributed by atoms with E-state index in [0.29, 0.717) is 13.0 Å². The molecule has 0 fully saturated rings. The lowest BCUT2D eigenvalue weighted by Gasteiger charge is -2.03. The van der Waals surface area contributed by atoms with E-state index in [1.165, 1.54) is 0 Å². The minimum atomic E-state index is -0.0205. The standard InChI is InChI=1S/C15H14N2O2S2/c1-10-17-15(12-5-3-7-20-12)13(21-10)8-14(18)16-9-11-4-2-6-19-11/h2-7H,8-9H2,1H3,(H,16,18). The number of hydrogen-bond donors (Lipinski definition) is 1. The normalized spacial score (nSPS) is 10.7. The molecule has 0 bridgehead atoms. The van der Waals surface area contributed by atoms with E-state index in [4.69, 9.17) is 4.42 Å². The zero-order chi connectivity index (χ0) is 14.7. The quantitative estimate of drug-likeness (QED) is 0.781. The third-order valence-electron chi connectivity index (χ3n) is 2.92. The summed E-state index contributed by atoms with van der Waals surface area (Å²) in [6.07, 6.45) is 1.95. The number of carbonyl (C=O) groups excluding carboxylic acids is 1. The van der Waals surface area contributed by atoms with Crippen molar-refractivity contribution in [2.45, 2.75) is 19.9 Å². The van der Waals surface area contributed by atoms with Crippen LogP contribution in [0.2, 0.25) is 0 Å². The van der Waals surface area contributed by atoms with Crippen molar-refractivity contribution in [1.82, 2.24) is 10.3 Å². The fourth-order valence-electron chi connectivity index (χ4n) is 2.00. The number of aromatic nitrogens is 1. The maximum absolute atomic E-state index is 12.1. The van der Waals surface area contributed by atoms with Crippen molar-refractivity contribution < 1.29 is 9.21 Å². The number of rotatable bonds is 5. The van der Waals surface area contributed by atoms with Gasteiger partial charge in [-0.2, -0.15) is 0 Å². The smallest absolute Gasteiger partial charge is 0.225 e. The number of thiazole rings is 1. The Hall–Kier alpha value is -1.92. The Morgan fingerprint density at radius 2 is 2.29 bits per heavy atom. The summed E-state index contributed by atoms with van der Waals surface area (Å²) in [4.78, 5) is 18.7. The Balaban J connectivity index is 1.68. The molecule has 1 amide bonds. The molecule has 0 aliphatic heterocycles. The van der Waals surface area contributed by atoms with Crippen molar-refractivity contribution in [1.29, 1.82) is 0 Å². The fourth-order valence-corrected chi connectivity index (χ4v) is 3.76. The van der Waals surface area contributed by atoms with Gasteiger partial charge in [-0.15, -0.1) is 22.7 Å². The molecule has 0 unspecified atom stereocenters. The summed E-state index contributed by atoms with van der Waals surface area (Å²) in [7, 11) is 0. The Morgan fingerprint density at radius 3 is 3.00 bits per heavy atom. The molecule has 0 aliphatic rings. The van der Waals surface area contributed by atoms with Crippen LogP contribution in [0, 0.1) is 6.92 Å². The molecular weight excluding hydrogens is 304 g/mol. The third kappa shape index (κ3) is 3.40. The highest BCUT2D eigenvalue weighted by atomic mass is 32.1. The van der Waals surface area contributed by atoms with Gasteiger partial charge >= 0.3 is 0 Å². The molecule has 21 heavy (non-hydrogen) atoms. The summed E-state index contributed by atoms with van der Waals surface area (Å²) in [6, 6.07) is 7.68. The van der Waals surface area contributed by atoms with Gasteiger partial charge in [0.2, 0.25) is 5.91 Å². The van der Waals surface area contributed by atoms with Gasteiger partial charge in [-0.1, -0.05) is 6.07 Å². The number of aryl methyl sites for hydroxylation is 1. The lowest BCUT2D eigenvalue weighted by molar-refractivity contribution is -0.120. The van der Waals surface area contributed by atoms with E-state index in [9.17, 15) is 4.79 Å². The highest BCUT2D eigenvalue weighted by molar-refractivity contribution is 7.15. The fraction of sp³-hybridized carbons (Fsp3) is 0.200. The van der Waals surface area contributed by atoms with Crippen molar-refractivity contribution in [2.24, 2.45) is 0 Å². The third-order valence-corrected chi connectivity index (χ3v) is 4.77. The van der Waals surface area contributed by atoms with Gasteiger partial charge in [0.15, 0.2) is 0 Å². The molecule has 0 aromatic carbocycles. The first-order valence-corrected chi connectivity index (χ1v) is 8.21. The van der Waals surface area contributed by atoms with Crippen molar-refractivity contribution in [3.63, 3.8) is 0 Å². The van der Waals surface area contributed by atoms with Crippen molar-refractivity contribution in [3.05, 3.63) is 51.6 Å². The summed E-state index contributed by atoms with van der Waals surface area (Å²) < 4.78 is 5.20. The van der Waals surface area contributed by atoms with Crippen LogP contribution >= 0.6 is 22.7 Å². The maximum atomic E-state index is 12.1. The van der Waals surface area contributed by atoms with Crippen LogP contribution in [0.25, 0.3) is 10.6 Å². The van der Waals surface area contributed by atoms with E-state index in [2.05, 4.69) is 10.3 Å². The number of nitrogens with zero attached hydrogens (tertiary/aromatic N) is 1. The second kappa shape index (κ2) is 6.24. The van der Waals surface area contributed by atoms with E-state index >= 15 is 0 Å². The molecule has 0 atom stereocenters. The number of carbonyl (C=O) groups is 1. The summed E-state index contributed by atoms with van der Waals surface area (Å²) in [5.41, 5.74) is 0.931. The Bertz CT molecular complexity index is 715. The van der Waals surface area contributed by atoms with Crippen LogP contribution in [0.3, 0.4) is 0 Å². The molecule has 0 saturated heterocycles. The molecular formula is C15H14N2O2S2. The summed E-state index contributed by atoms with van der Waals surface area (Å²) in [6.45, 7) is 2.38. The maximum Gasteiger partial charge on any atom is 0.225 e. The second-order valence-electron chi connectivity index (χ2n) is 4.51. The van der Waals surface area contributed by atoms with Gasteiger partial charge in [0.25, 0.3) is 0 Å². The van der Waals surface area contributed by atoms with Gasteiger partial charge in [0, 0.05) is 4.88 Å². The predicted octanol–water partition coefficient (Wildman–Crippen LogP) is 3.63. The first kappa shape index (κ1) is 14.0. The van der Waals surface area contributed by atoms with Gasteiger partial charge in [-0.05, 0) is 30.5 Å². The van der Waals surface area contributed by atoms with E-state index < -0.39 is 0 Å². The van der Waals surface area contributed by atoms with Crippen molar-refractivity contribution >= 4 is 28.6 Å². The Morgan fingerprint density at radius 1 is 1.38 bits per heavy atom. The minimum absolute atomic E-state index is 0.0205. The highest BCUT2D eigenvalue weighted by Crippen LogP contribution is 2.31. The first-order valence-electron chi connectivity index (χ1n) is 6.51. The SMILES string of the molecule is Cc1nc(-c2cccs2)c(CC(=O)NCc2ccco2)s1. The van der Waals surface area contributed by atoms with Crippen molar-refractivity contribution in [3.8, 4) is 10.6 Å². The molecule has 3 rings (SSSR count). The largest absolute Gasteiger partial charge is 0.467 e. The summed E-state index contributed by atoms with van der Waals surface area (Å²) in [5, 5.41) is 5.86. The topological polar surface area (TPSA) is 55.1 Å². The van der Waals surface area contributed by atoms with E-state index in [0.717, 1.165) is 26.2 Å². The van der Waals surface area contributed by atoms with E-state index in [-0.39, 0.29) is 5.91 Å². The van der Waals surface area contributed by atoms with Gasteiger partial charge in [0.05, 0.1) is 34.8 Å². The molecule has 0 spiro atoms. The zero-order valence-corrected chi connectivity index (χ0v) is 13.1. The summed E-state index contributed by atoms with van der Waals surface area (Å²) >= 11 is 3.21. The number of hydrogen-bond acceptors (Lipinski definition) is 5. The lowest BCUT2D eigenvalue weighted by Crippen LogP contribution is -2.24. The van der Waals surface area contributed by atoms with Gasteiger partial charge in [-0.25, -0.2) is 4.98 Å². The molecule has 108 valence electrons. The second-order valence-corrected chi connectivity index (χ2v) is 6.75. The molecule has 3 heterocycles. The van der Waals surface area contributed by atoms with Crippen LogP contribution in [0.5, 0.6) is 0 Å². The van der Waals surface area contributed by atoms with Crippen LogP contribution < -0.4 is 5.32 Å². The predicted molar refractivity (Wildman–Crippen MR) is 84.4 cm³/mol. The molecule has 0 aliphatic carbocycles. The van der Waals surface area contributed by atoms with Crippen LogP contribution in [0.4, 0.5) is 0 Å². The van der Waals surface area contributed by atoms with Crippen LogP contribution in [0.1, 0.15) is 15.6 Å². The molecule has 3 aromatic heterocycles. The minimum Gasteiger partial charge on any atom is -0.467 e. The molecule has 4 nitrogen and oxygen atoms in total. The van der Waals surface area contributed by atoms with Gasteiger partial charge < -0.3 is 9.73 Å². The number of nitrogens with one attached hydrogen (secondary N) is 1. The first-order chi connectivity index (χ1) is 10.2. The van der Waals surface area contributed by atoms with Crippen LogP contribution in [-0.4, -0.2) is 10.9 Å². The number of furan rings is 1. The molecule has 0 saturated carbocycles. The van der Waals surface area contributed by atoms with Crippen LogP contribution in [-0.2, 0) is 17.8 Å². The zero-order valence-electron chi connectivity index (χ0n) is 11.5. The number of thiophene rings is 1. The molecule has 6 heteroatoms. The van der Waals surface area contributed by atoms with E-state index in [1.807, 2.05) is 36.6 Å². The lowest BCUT2D eigenvalue weighted by atomic mass is 10.2. The molecule has 0 radical (unpaired) electrons. The number of amides is 1. The Labute approximate surface area is 130 Å².